The lowest BCUT2D eigenvalue weighted by Gasteiger charge is -2.20. The smallest absolute Gasteiger partial charge is 0.257 e. The summed E-state index contributed by atoms with van der Waals surface area (Å²) in [6.45, 7) is 1.75. The maximum absolute atomic E-state index is 12.4. The monoisotopic (exact) mass is 364 g/mol. The molecule has 0 radical (unpaired) electrons. The molecule has 0 atom stereocenters. The third-order valence-electron chi connectivity index (χ3n) is 3.57. The number of rotatable bonds is 2. The van der Waals surface area contributed by atoms with E-state index in [9.17, 15) is 4.79 Å². The fourth-order valence-corrected chi connectivity index (χ4v) is 3.06. The normalized spacial score (nSPS) is 13.6. The first-order chi connectivity index (χ1) is 10.1. The van der Waals surface area contributed by atoms with Crippen LogP contribution < -0.4 is 10.6 Å². The van der Waals surface area contributed by atoms with Crippen LogP contribution in [0.4, 0.5) is 5.69 Å². The molecule has 1 amide bonds. The highest BCUT2D eigenvalue weighted by Crippen LogP contribution is 2.26. The molecule has 0 saturated heterocycles. The van der Waals surface area contributed by atoms with Crippen molar-refractivity contribution in [2.75, 3.05) is 11.9 Å². The van der Waals surface area contributed by atoms with E-state index in [4.69, 9.17) is 11.6 Å². The van der Waals surface area contributed by atoms with E-state index < -0.39 is 0 Å². The van der Waals surface area contributed by atoms with Crippen LogP contribution in [-0.4, -0.2) is 12.5 Å². The van der Waals surface area contributed by atoms with Crippen molar-refractivity contribution < 1.29 is 4.79 Å². The van der Waals surface area contributed by atoms with E-state index in [0.29, 0.717) is 10.6 Å². The molecular weight excluding hydrogens is 352 g/mol. The van der Waals surface area contributed by atoms with Gasteiger partial charge in [0, 0.05) is 16.7 Å². The summed E-state index contributed by atoms with van der Waals surface area (Å²) in [5.41, 5.74) is 3.75. The molecule has 0 fully saturated rings. The Labute approximate surface area is 136 Å². The number of halogens is 2. The zero-order valence-electron chi connectivity index (χ0n) is 11.2. The van der Waals surface area contributed by atoms with Crippen LogP contribution in [0.3, 0.4) is 0 Å². The lowest BCUT2D eigenvalue weighted by atomic mass is 9.99. The Morgan fingerprint density at radius 1 is 1.29 bits per heavy atom. The molecule has 0 saturated carbocycles. The summed E-state index contributed by atoms with van der Waals surface area (Å²) in [5, 5.41) is 6.74. The molecule has 0 bridgehead atoms. The second-order valence-electron chi connectivity index (χ2n) is 4.95. The molecule has 0 aromatic heterocycles. The first-order valence-corrected chi connectivity index (χ1v) is 7.90. The topological polar surface area (TPSA) is 41.1 Å². The van der Waals surface area contributed by atoms with Crippen molar-refractivity contribution in [3.63, 3.8) is 0 Å². The highest BCUT2D eigenvalue weighted by Gasteiger charge is 2.16. The zero-order chi connectivity index (χ0) is 14.8. The van der Waals surface area contributed by atoms with Gasteiger partial charge in [-0.15, -0.1) is 0 Å². The highest BCUT2D eigenvalue weighted by atomic mass is 79.9. The molecule has 21 heavy (non-hydrogen) atoms. The van der Waals surface area contributed by atoms with Crippen LogP contribution in [0.25, 0.3) is 0 Å². The van der Waals surface area contributed by atoms with Crippen LogP contribution in [0.1, 0.15) is 21.5 Å². The highest BCUT2D eigenvalue weighted by molar-refractivity contribution is 9.10. The number of benzene rings is 2. The Hall–Kier alpha value is -1.36. The van der Waals surface area contributed by atoms with Crippen LogP contribution >= 0.6 is 27.5 Å². The quantitative estimate of drug-likeness (QED) is 0.844. The fraction of sp³-hybridized carbons (Fsp3) is 0.188. The number of anilines is 1. The van der Waals surface area contributed by atoms with Crippen LogP contribution in [0.5, 0.6) is 0 Å². The SMILES string of the molecule is O=C(Nc1cccc2c1CNCC2)c1cc(Br)ccc1Cl. The second kappa shape index (κ2) is 6.18. The van der Waals surface area contributed by atoms with E-state index in [-0.39, 0.29) is 5.91 Å². The first-order valence-electron chi connectivity index (χ1n) is 6.73. The van der Waals surface area contributed by atoms with Crippen molar-refractivity contribution >= 4 is 39.1 Å². The van der Waals surface area contributed by atoms with Crippen molar-refractivity contribution in [1.29, 1.82) is 0 Å². The van der Waals surface area contributed by atoms with E-state index in [2.05, 4.69) is 32.6 Å². The lowest BCUT2D eigenvalue weighted by molar-refractivity contribution is 0.102. The Bertz CT molecular complexity index is 703. The van der Waals surface area contributed by atoms with E-state index >= 15 is 0 Å². The third-order valence-corrected chi connectivity index (χ3v) is 4.39. The molecule has 2 N–H and O–H groups in total. The van der Waals surface area contributed by atoms with Crippen LogP contribution in [0.2, 0.25) is 5.02 Å². The van der Waals surface area contributed by atoms with Gasteiger partial charge in [-0.1, -0.05) is 39.7 Å². The first kappa shape index (κ1) is 14.6. The summed E-state index contributed by atoms with van der Waals surface area (Å²) in [6, 6.07) is 11.3. The van der Waals surface area contributed by atoms with Gasteiger partial charge in [0.2, 0.25) is 0 Å². The second-order valence-corrected chi connectivity index (χ2v) is 6.27. The minimum Gasteiger partial charge on any atom is -0.322 e. The maximum atomic E-state index is 12.4. The van der Waals surface area contributed by atoms with Crippen molar-refractivity contribution in [3.8, 4) is 0 Å². The third kappa shape index (κ3) is 3.12. The Balaban J connectivity index is 1.90. The fourth-order valence-electron chi connectivity index (χ4n) is 2.49. The summed E-state index contributed by atoms with van der Waals surface area (Å²) in [4.78, 5) is 12.4. The van der Waals surface area contributed by atoms with E-state index in [1.807, 2.05) is 18.2 Å². The molecule has 108 valence electrons. The summed E-state index contributed by atoms with van der Waals surface area (Å²) >= 11 is 9.47. The average Bonchev–Trinajstić information content (AvgIpc) is 2.50. The van der Waals surface area contributed by atoms with Crippen LogP contribution in [0.15, 0.2) is 40.9 Å². The van der Waals surface area contributed by atoms with Gasteiger partial charge in [0.05, 0.1) is 10.6 Å². The minimum absolute atomic E-state index is 0.194. The maximum Gasteiger partial charge on any atom is 0.257 e. The molecule has 0 spiro atoms. The Morgan fingerprint density at radius 3 is 3.00 bits per heavy atom. The number of hydrogen-bond donors (Lipinski definition) is 2. The standard InChI is InChI=1S/C16H14BrClN2O/c17-11-4-5-14(18)12(8-11)16(21)20-15-3-1-2-10-6-7-19-9-13(10)15/h1-5,8,19H,6-7,9H2,(H,20,21). The van der Waals surface area contributed by atoms with Gasteiger partial charge in [-0.2, -0.15) is 0 Å². The molecule has 5 heteroatoms. The summed E-state index contributed by atoms with van der Waals surface area (Å²) in [6.07, 6.45) is 0.983. The van der Waals surface area contributed by atoms with Crippen molar-refractivity contribution in [3.05, 3.63) is 62.6 Å². The molecule has 2 aromatic rings. The van der Waals surface area contributed by atoms with Gasteiger partial charge in [-0.25, -0.2) is 0 Å². The molecule has 1 aliphatic heterocycles. The molecule has 0 unspecified atom stereocenters. The number of carbonyl (C=O) groups excluding carboxylic acids is 1. The van der Waals surface area contributed by atoms with E-state index in [1.54, 1.807) is 12.1 Å². The molecule has 1 aliphatic rings. The van der Waals surface area contributed by atoms with Gasteiger partial charge in [0.1, 0.15) is 0 Å². The molecular formula is C16H14BrClN2O. The molecule has 0 aliphatic carbocycles. The minimum atomic E-state index is -0.194. The molecule has 1 heterocycles. The van der Waals surface area contributed by atoms with E-state index in [1.165, 1.54) is 5.56 Å². The summed E-state index contributed by atoms with van der Waals surface area (Å²) in [5.74, 6) is -0.194. The summed E-state index contributed by atoms with van der Waals surface area (Å²) in [7, 11) is 0. The molecule has 2 aromatic carbocycles. The predicted molar refractivity (Wildman–Crippen MR) is 89.0 cm³/mol. The van der Waals surface area contributed by atoms with Gasteiger partial charge < -0.3 is 10.6 Å². The van der Waals surface area contributed by atoms with Crippen molar-refractivity contribution in [2.24, 2.45) is 0 Å². The number of nitrogens with one attached hydrogen (secondary N) is 2. The van der Waals surface area contributed by atoms with Gasteiger partial charge in [-0.05, 0) is 48.4 Å². The van der Waals surface area contributed by atoms with Gasteiger partial charge in [0.25, 0.3) is 5.91 Å². The van der Waals surface area contributed by atoms with Crippen LogP contribution in [0, 0.1) is 0 Å². The largest absolute Gasteiger partial charge is 0.322 e. The van der Waals surface area contributed by atoms with Gasteiger partial charge >= 0.3 is 0 Å². The average molecular weight is 366 g/mol. The van der Waals surface area contributed by atoms with Crippen molar-refractivity contribution in [1.82, 2.24) is 5.32 Å². The van der Waals surface area contributed by atoms with Crippen molar-refractivity contribution in [2.45, 2.75) is 13.0 Å². The Kier molecular flexibility index (Phi) is 4.29. The van der Waals surface area contributed by atoms with Crippen LogP contribution in [-0.2, 0) is 13.0 Å². The van der Waals surface area contributed by atoms with Gasteiger partial charge in [0.15, 0.2) is 0 Å². The molecule has 3 rings (SSSR count). The number of fused-ring (bicyclic) bond motifs is 1. The zero-order valence-corrected chi connectivity index (χ0v) is 13.6. The molecule has 3 nitrogen and oxygen atoms in total. The Morgan fingerprint density at radius 2 is 2.14 bits per heavy atom. The number of hydrogen-bond acceptors (Lipinski definition) is 2. The lowest BCUT2D eigenvalue weighted by Crippen LogP contribution is -2.25. The number of carbonyl (C=O) groups is 1. The van der Waals surface area contributed by atoms with E-state index in [0.717, 1.165) is 35.2 Å². The predicted octanol–water partition coefficient (Wildman–Crippen LogP) is 4.00. The number of amides is 1. The summed E-state index contributed by atoms with van der Waals surface area (Å²) < 4.78 is 0.828. The van der Waals surface area contributed by atoms with Gasteiger partial charge in [-0.3, -0.25) is 4.79 Å².